The molecule has 0 aromatic heterocycles. The fourth-order valence-corrected chi connectivity index (χ4v) is 3.09. The highest BCUT2D eigenvalue weighted by molar-refractivity contribution is 5.41. The summed E-state index contributed by atoms with van der Waals surface area (Å²) in [4.78, 5) is 6.53. The molecular formula is C17H22N2O2. The quantitative estimate of drug-likeness (QED) is 0.798. The van der Waals surface area contributed by atoms with Crippen molar-refractivity contribution in [1.29, 1.82) is 0 Å². The Morgan fingerprint density at radius 3 is 3.00 bits per heavy atom. The summed E-state index contributed by atoms with van der Waals surface area (Å²) in [7, 11) is 1.71. The Morgan fingerprint density at radius 1 is 1.38 bits per heavy atom. The van der Waals surface area contributed by atoms with Crippen molar-refractivity contribution in [3.05, 3.63) is 40.8 Å². The van der Waals surface area contributed by atoms with E-state index >= 15 is 0 Å². The lowest BCUT2D eigenvalue weighted by atomic mass is 10.0. The number of benzene rings is 1. The number of rotatable bonds is 4. The SMILES string of the molecule is C=NC1=C(OC)CCN(C(C)c2ccc3c(c2)OCC3)C1. The van der Waals surface area contributed by atoms with Gasteiger partial charge in [0.05, 0.1) is 19.4 Å². The summed E-state index contributed by atoms with van der Waals surface area (Å²) in [6.07, 6.45) is 1.91. The van der Waals surface area contributed by atoms with E-state index in [9.17, 15) is 0 Å². The number of fused-ring (bicyclic) bond motifs is 1. The zero-order chi connectivity index (χ0) is 14.8. The largest absolute Gasteiger partial charge is 0.499 e. The van der Waals surface area contributed by atoms with Crippen LogP contribution in [0, 0.1) is 0 Å². The van der Waals surface area contributed by atoms with Crippen molar-refractivity contribution < 1.29 is 9.47 Å². The smallest absolute Gasteiger partial charge is 0.122 e. The average molecular weight is 286 g/mol. The molecule has 1 atom stereocenters. The van der Waals surface area contributed by atoms with E-state index in [-0.39, 0.29) is 0 Å². The van der Waals surface area contributed by atoms with E-state index in [0.29, 0.717) is 6.04 Å². The summed E-state index contributed by atoms with van der Waals surface area (Å²) < 4.78 is 11.1. The van der Waals surface area contributed by atoms with Crippen LogP contribution in [0.3, 0.4) is 0 Å². The van der Waals surface area contributed by atoms with Crippen LogP contribution in [-0.4, -0.2) is 38.4 Å². The Kier molecular flexibility index (Phi) is 3.97. The molecule has 0 saturated heterocycles. The van der Waals surface area contributed by atoms with Crippen molar-refractivity contribution in [2.45, 2.75) is 25.8 Å². The van der Waals surface area contributed by atoms with Gasteiger partial charge >= 0.3 is 0 Å². The van der Waals surface area contributed by atoms with Crippen LogP contribution in [-0.2, 0) is 11.2 Å². The van der Waals surface area contributed by atoms with Crippen molar-refractivity contribution in [1.82, 2.24) is 4.90 Å². The van der Waals surface area contributed by atoms with Crippen LogP contribution in [0.25, 0.3) is 0 Å². The summed E-state index contributed by atoms with van der Waals surface area (Å²) in [6.45, 7) is 8.46. The summed E-state index contributed by atoms with van der Waals surface area (Å²) in [5.41, 5.74) is 3.56. The van der Waals surface area contributed by atoms with Gasteiger partial charge in [0.1, 0.15) is 11.5 Å². The first-order valence-corrected chi connectivity index (χ1v) is 7.45. The monoisotopic (exact) mass is 286 g/mol. The molecule has 0 bridgehead atoms. The maximum Gasteiger partial charge on any atom is 0.122 e. The molecule has 0 spiro atoms. The molecule has 0 N–H and O–H groups in total. The van der Waals surface area contributed by atoms with Crippen LogP contribution in [0.5, 0.6) is 5.75 Å². The van der Waals surface area contributed by atoms with Crippen molar-refractivity contribution in [3.63, 3.8) is 0 Å². The molecule has 1 aromatic carbocycles. The predicted octanol–water partition coefficient (Wildman–Crippen LogP) is 2.95. The highest BCUT2D eigenvalue weighted by Crippen LogP contribution is 2.32. The van der Waals surface area contributed by atoms with Gasteiger partial charge in [0.15, 0.2) is 0 Å². The molecule has 3 rings (SSSR count). The lowest BCUT2D eigenvalue weighted by Crippen LogP contribution is -2.34. The first-order chi connectivity index (χ1) is 10.2. The Balaban J connectivity index is 1.78. The maximum absolute atomic E-state index is 5.68. The molecule has 2 heterocycles. The molecular weight excluding hydrogens is 264 g/mol. The second-order valence-corrected chi connectivity index (χ2v) is 5.59. The fourth-order valence-electron chi connectivity index (χ4n) is 3.09. The van der Waals surface area contributed by atoms with Crippen LogP contribution < -0.4 is 4.74 Å². The van der Waals surface area contributed by atoms with Crippen molar-refractivity contribution >= 4 is 6.72 Å². The van der Waals surface area contributed by atoms with Crippen molar-refractivity contribution in [2.24, 2.45) is 4.99 Å². The normalized spacial score (nSPS) is 19.9. The molecule has 0 radical (unpaired) electrons. The third kappa shape index (κ3) is 2.68. The van der Waals surface area contributed by atoms with E-state index < -0.39 is 0 Å². The molecule has 0 amide bonds. The minimum absolute atomic E-state index is 0.328. The van der Waals surface area contributed by atoms with Gasteiger partial charge in [0.25, 0.3) is 0 Å². The first-order valence-electron chi connectivity index (χ1n) is 7.45. The molecule has 2 aliphatic heterocycles. The molecule has 1 aromatic rings. The Morgan fingerprint density at radius 2 is 2.24 bits per heavy atom. The maximum atomic E-state index is 5.68. The zero-order valence-corrected chi connectivity index (χ0v) is 12.8. The van der Waals surface area contributed by atoms with Gasteiger partial charge < -0.3 is 9.47 Å². The molecule has 112 valence electrons. The number of methoxy groups -OCH3 is 1. The fraction of sp³-hybridized carbons (Fsp3) is 0.471. The third-order valence-corrected chi connectivity index (χ3v) is 4.49. The van der Waals surface area contributed by atoms with Crippen molar-refractivity contribution in [3.8, 4) is 5.75 Å². The second kappa shape index (κ2) is 5.90. The number of hydrogen-bond donors (Lipinski definition) is 0. The minimum atomic E-state index is 0.328. The molecule has 0 aliphatic carbocycles. The van der Waals surface area contributed by atoms with Gasteiger partial charge in [-0.2, -0.15) is 0 Å². The second-order valence-electron chi connectivity index (χ2n) is 5.59. The standard InChI is InChI=1S/C17H22N2O2/c1-12(14-5-4-13-7-9-21-17(13)10-14)19-8-6-16(20-3)15(11-19)18-2/h4-5,10,12H,2,6-9,11H2,1,3H3. The lowest BCUT2D eigenvalue weighted by molar-refractivity contribution is 0.176. The average Bonchev–Trinajstić information content (AvgIpc) is 3.00. The highest BCUT2D eigenvalue weighted by atomic mass is 16.5. The van der Waals surface area contributed by atoms with Crippen LogP contribution >= 0.6 is 0 Å². The summed E-state index contributed by atoms with van der Waals surface area (Å²) in [5.74, 6) is 2.01. The van der Waals surface area contributed by atoms with Crippen LogP contribution in [0.1, 0.15) is 30.5 Å². The Bertz CT molecular complexity index is 580. The number of hydrogen-bond acceptors (Lipinski definition) is 4. The Hall–Kier alpha value is -1.81. The van der Waals surface area contributed by atoms with Gasteiger partial charge in [0.2, 0.25) is 0 Å². The topological polar surface area (TPSA) is 34.1 Å². The molecule has 1 unspecified atom stereocenters. The minimum Gasteiger partial charge on any atom is -0.499 e. The highest BCUT2D eigenvalue weighted by Gasteiger charge is 2.25. The molecule has 0 fully saturated rings. The predicted molar refractivity (Wildman–Crippen MR) is 83.8 cm³/mol. The molecule has 2 aliphatic rings. The van der Waals surface area contributed by atoms with E-state index in [2.05, 4.69) is 41.7 Å². The van der Waals surface area contributed by atoms with E-state index in [1.165, 1.54) is 11.1 Å². The molecule has 4 nitrogen and oxygen atoms in total. The van der Waals surface area contributed by atoms with Gasteiger partial charge in [-0.25, -0.2) is 0 Å². The number of aliphatic imine (C=N–C) groups is 1. The zero-order valence-electron chi connectivity index (χ0n) is 12.8. The summed E-state index contributed by atoms with van der Waals surface area (Å²) in [5, 5.41) is 0. The van der Waals surface area contributed by atoms with Crippen molar-refractivity contribution in [2.75, 3.05) is 26.8 Å². The van der Waals surface area contributed by atoms with Crippen LogP contribution in [0.15, 0.2) is 34.6 Å². The van der Waals surface area contributed by atoms with Crippen LogP contribution in [0.4, 0.5) is 0 Å². The molecule has 4 heteroatoms. The van der Waals surface area contributed by atoms with Gasteiger partial charge in [0, 0.05) is 32.0 Å². The first kappa shape index (κ1) is 14.1. The van der Waals surface area contributed by atoms with Gasteiger partial charge in [-0.3, -0.25) is 9.89 Å². The van der Waals surface area contributed by atoms with E-state index in [1.54, 1.807) is 7.11 Å². The van der Waals surface area contributed by atoms with Crippen LogP contribution in [0.2, 0.25) is 0 Å². The summed E-state index contributed by atoms with van der Waals surface area (Å²) in [6, 6.07) is 6.93. The van der Waals surface area contributed by atoms with E-state index in [1.807, 2.05) is 0 Å². The molecule has 21 heavy (non-hydrogen) atoms. The Labute approximate surface area is 126 Å². The van der Waals surface area contributed by atoms with Gasteiger partial charge in [-0.15, -0.1) is 0 Å². The van der Waals surface area contributed by atoms with Gasteiger partial charge in [-0.05, 0) is 30.8 Å². The lowest BCUT2D eigenvalue weighted by Gasteiger charge is -2.33. The van der Waals surface area contributed by atoms with Gasteiger partial charge in [-0.1, -0.05) is 12.1 Å². The number of ether oxygens (including phenoxy) is 2. The molecule has 0 saturated carbocycles. The third-order valence-electron chi connectivity index (χ3n) is 4.49. The van der Waals surface area contributed by atoms with E-state index in [0.717, 1.165) is 49.7 Å². The summed E-state index contributed by atoms with van der Waals surface area (Å²) >= 11 is 0. The van der Waals surface area contributed by atoms with E-state index in [4.69, 9.17) is 9.47 Å². The number of nitrogens with zero attached hydrogens (tertiary/aromatic N) is 2.